The van der Waals surface area contributed by atoms with Crippen LogP contribution in [-0.2, 0) is 4.87 Å². The highest BCUT2D eigenvalue weighted by Gasteiger charge is 2.34. The van der Waals surface area contributed by atoms with E-state index in [1.165, 1.54) is 141 Å². The van der Waals surface area contributed by atoms with Crippen LogP contribution in [0, 0.1) is 0 Å². The Bertz CT molecular complexity index is 1120. The summed E-state index contributed by atoms with van der Waals surface area (Å²) in [7, 11) is 0. The molecule has 0 unspecified atom stereocenters. The van der Waals surface area contributed by atoms with Gasteiger partial charge in [0, 0.05) is 0 Å². The van der Waals surface area contributed by atoms with Crippen molar-refractivity contribution in [1.82, 2.24) is 0 Å². The second kappa shape index (κ2) is 27.2. The number of halogens is 1. The molecule has 2 nitrogen and oxygen atoms in total. The number of hydrogen-bond donors (Lipinski definition) is 0. The van der Waals surface area contributed by atoms with E-state index in [0.717, 1.165) is 54.2 Å². The molecule has 3 rings (SSSR count). The highest BCUT2D eigenvalue weighted by Crippen LogP contribution is 2.44. The molecular formula is C47H71ClO2. The molecule has 0 aliphatic rings. The van der Waals surface area contributed by atoms with Crippen LogP contribution in [0.2, 0.25) is 0 Å². The highest BCUT2D eigenvalue weighted by atomic mass is 35.5. The summed E-state index contributed by atoms with van der Waals surface area (Å²) >= 11 is 7.61. The van der Waals surface area contributed by atoms with Gasteiger partial charge in [-0.15, -0.1) is 11.6 Å². The SMILES string of the molecule is CCCCCCCCCCCCCCOc1ccc(C(Cl)(c2ccccc2)c2ccc(OCCCCCCCCCCCCCC)cc2)cc1. The molecule has 0 amide bonds. The van der Waals surface area contributed by atoms with Gasteiger partial charge in [0.1, 0.15) is 16.4 Å². The van der Waals surface area contributed by atoms with Gasteiger partial charge in [0.05, 0.1) is 13.2 Å². The normalized spacial score (nSPS) is 11.6. The molecule has 0 aliphatic heterocycles. The van der Waals surface area contributed by atoms with E-state index in [2.05, 4.69) is 86.6 Å². The Kier molecular flexibility index (Phi) is 22.9. The zero-order valence-corrected chi connectivity index (χ0v) is 32.8. The van der Waals surface area contributed by atoms with Crippen LogP contribution >= 0.6 is 11.6 Å². The summed E-state index contributed by atoms with van der Waals surface area (Å²) in [5.41, 5.74) is 3.12. The first-order chi connectivity index (χ1) is 24.7. The molecule has 50 heavy (non-hydrogen) atoms. The van der Waals surface area contributed by atoms with E-state index in [1.54, 1.807) is 0 Å². The van der Waals surface area contributed by atoms with Gasteiger partial charge in [0.2, 0.25) is 0 Å². The Morgan fingerprint density at radius 1 is 0.360 bits per heavy atom. The topological polar surface area (TPSA) is 18.5 Å². The fourth-order valence-electron chi connectivity index (χ4n) is 7.00. The molecular weight excluding hydrogens is 632 g/mol. The minimum absolute atomic E-state index is 0.766. The van der Waals surface area contributed by atoms with Crippen LogP contribution < -0.4 is 9.47 Å². The van der Waals surface area contributed by atoms with Crippen molar-refractivity contribution < 1.29 is 9.47 Å². The number of benzene rings is 3. The zero-order valence-electron chi connectivity index (χ0n) is 32.1. The molecule has 0 bridgehead atoms. The Morgan fingerprint density at radius 2 is 0.640 bits per heavy atom. The number of unbranched alkanes of at least 4 members (excludes halogenated alkanes) is 22. The summed E-state index contributed by atoms with van der Waals surface area (Å²) in [6, 6.07) is 27.2. The molecule has 3 aromatic carbocycles. The minimum atomic E-state index is -0.802. The van der Waals surface area contributed by atoms with Crippen molar-refractivity contribution in [3.05, 3.63) is 95.6 Å². The minimum Gasteiger partial charge on any atom is -0.494 e. The molecule has 0 heterocycles. The fourth-order valence-corrected chi connectivity index (χ4v) is 7.37. The van der Waals surface area contributed by atoms with Gasteiger partial charge in [-0.2, -0.15) is 0 Å². The van der Waals surface area contributed by atoms with Crippen LogP contribution in [0.15, 0.2) is 78.9 Å². The lowest BCUT2D eigenvalue weighted by Crippen LogP contribution is -2.22. The van der Waals surface area contributed by atoms with Crippen LogP contribution in [0.3, 0.4) is 0 Å². The summed E-state index contributed by atoms with van der Waals surface area (Å²) in [4.78, 5) is -0.802. The largest absolute Gasteiger partial charge is 0.494 e. The molecule has 0 fully saturated rings. The van der Waals surface area contributed by atoms with Gasteiger partial charge in [0.25, 0.3) is 0 Å². The molecule has 0 aliphatic carbocycles. The summed E-state index contributed by atoms with van der Waals surface area (Å²) in [5.74, 6) is 1.82. The summed E-state index contributed by atoms with van der Waals surface area (Å²) < 4.78 is 12.3. The van der Waals surface area contributed by atoms with Crippen molar-refractivity contribution >= 4 is 11.6 Å². The van der Waals surface area contributed by atoms with E-state index < -0.39 is 4.87 Å². The van der Waals surface area contributed by atoms with Crippen molar-refractivity contribution in [2.45, 2.75) is 173 Å². The van der Waals surface area contributed by atoms with Crippen LogP contribution in [0.5, 0.6) is 11.5 Å². The Labute approximate surface area is 313 Å². The van der Waals surface area contributed by atoms with Gasteiger partial charge in [-0.1, -0.05) is 210 Å². The lowest BCUT2D eigenvalue weighted by molar-refractivity contribution is 0.304. The summed E-state index contributed by atoms with van der Waals surface area (Å²) in [6.07, 6.45) is 32.4. The van der Waals surface area contributed by atoms with Crippen LogP contribution in [0.25, 0.3) is 0 Å². The highest BCUT2D eigenvalue weighted by molar-refractivity contribution is 6.28. The van der Waals surface area contributed by atoms with Crippen molar-refractivity contribution in [2.24, 2.45) is 0 Å². The number of hydrogen-bond acceptors (Lipinski definition) is 2. The lowest BCUT2D eigenvalue weighted by atomic mass is 9.84. The maximum absolute atomic E-state index is 7.61. The van der Waals surface area contributed by atoms with Gasteiger partial charge in [0.15, 0.2) is 0 Å². The van der Waals surface area contributed by atoms with Crippen molar-refractivity contribution in [3.8, 4) is 11.5 Å². The maximum Gasteiger partial charge on any atom is 0.119 e. The maximum atomic E-state index is 7.61. The Morgan fingerprint density at radius 3 is 0.960 bits per heavy atom. The molecule has 3 aromatic rings. The average molecular weight is 704 g/mol. The second-order valence-corrected chi connectivity index (χ2v) is 15.1. The van der Waals surface area contributed by atoms with E-state index in [4.69, 9.17) is 21.1 Å². The van der Waals surface area contributed by atoms with E-state index in [9.17, 15) is 0 Å². The average Bonchev–Trinajstić information content (AvgIpc) is 3.16. The molecule has 0 saturated heterocycles. The standard InChI is InChI=1S/C47H71ClO2/c1-3-5-7-9-11-13-15-17-19-21-23-28-40-49-45-36-32-43(33-37-45)47(48,42-30-26-25-27-31-42)44-34-38-46(39-35-44)50-41-29-24-22-20-18-16-14-12-10-8-6-4-2/h25-27,30-39H,3-24,28-29,40-41H2,1-2H3. The molecule has 278 valence electrons. The summed E-state index contributed by atoms with van der Waals surface area (Å²) in [5, 5.41) is 0. The fraction of sp³-hybridized carbons (Fsp3) is 0.617. The number of ether oxygens (including phenoxy) is 2. The smallest absolute Gasteiger partial charge is 0.119 e. The third-order valence-electron chi connectivity index (χ3n) is 10.2. The van der Waals surface area contributed by atoms with Crippen LogP contribution in [0.1, 0.15) is 185 Å². The Hall–Kier alpha value is -2.45. The third kappa shape index (κ3) is 16.7. The first-order valence-corrected chi connectivity index (χ1v) is 21.3. The third-order valence-corrected chi connectivity index (χ3v) is 10.9. The molecule has 0 saturated carbocycles. The van der Waals surface area contributed by atoms with Gasteiger partial charge in [-0.05, 0) is 53.8 Å². The van der Waals surface area contributed by atoms with Crippen molar-refractivity contribution in [1.29, 1.82) is 0 Å². The van der Waals surface area contributed by atoms with E-state index in [1.807, 2.05) is 6.07 Å². The van der Waals surface area contributed by atoms with Crippen molar-refractivity contribution in [3.63, 3.8) is 0 Å². The molecule has 0 aromatic heterocycles. The Balaban J connectivity index is 1.38. The van der Waals surface area contributed by atoms with Crippen LogP contribution in [-0.4, -0.2) is 13.2 Å². The lowest BCUT2D eigenvalue weighted by Gasteiger charge is -2.29. The predicted octanol–water partition coefficient (Wildman–Crippen LogP) is 15.4. The zero-order chi connectivity index (χ0) is 35.4. The van der Waals surface area contributed by atoms with Gasteiger partial charge >= 0.3 is 0 Å². The first kappa shape index (κ1) is 42.0. The van der Waals surface area contributed by atoms with Crippen LogP contribution in [0.4, 0.5) is 0 Å². The second-order valence-electron chi connectivity index (χ2n) is 14.5. The van der Waals surface area contributed by atoms with Crippen molar-refractivity contribution in [2.75, 3.05) is 13.2 Å². The molecule has 3 heteroatoms. The molecule has 0 N–H and O–H groups in total. The molecule has 0 radical (unpaired) electrons. The quantitative estimate of drug-likeness (QED) is 0.0377. The van der Waals surface area contributed by atoms with Gasteiger partial charge in [-0.25, -0.2) is 0 Å². The summed E-state index contributed by atoms with van der Waals surface area (Å²) in [6.45, 7) is 6.11. The molecule has 0 atom stereocenters. The predicted molar refractivity (Wildman–Crippen MR) is 218 cm³/mol. The number of alkyl halides is 1. The van der Waals surface area contributed by atoms with E-state index >= 15 is 0 Å². The first-order valence-electron chi connectivity index (χ1n) is 20.9. The van der Waals surface area contributed by atoms with E-state index in [0.29, 0.717) is 0 Å². The van der Waals surface area contributed by atoms with Gasteiger partial charge < -0.3 is 9.47 Å². The van der Waals surface area contributed by atoms with Gasteiger partial charge in [-0.3, -0.25) is 0 Å². The number of rotatable bonds is 31. The van der Waals surface area contributed by atoms with E-state index in [-0.39, 0.29) is 0 Å². The molecule has 0 spiro atoms. The monoisotopic (exact) mass is 703 g/mol.